The van der Waals surface area contributed by atoms with E-state index >= 15 is 0 Å². The summed E-state index contributed by atoms with van der Waals surface area (Å²) < 4.78 is 38.8. The fourth-order valence-corrected chi connectivity index (χ4v) is 4.89. The van der Waals surface area contributed by atoms with Crippen molar-refractivity contribution in [3.05, 3.63) is 50.4 Å². The third-order valence-electron chi connectivity index (χ3n) is 5.36. The van der Waals surface area contributed by atoms with Gasteiger partial charge < -0.3 is 5.32 Å². The second-order valence-corrected chi connectivity index (χ2v) is 9.31. The molecule has 0 aliphatic heterocycles. The summed E-state index contributed by atoms with van der Waals surface area (Å²) in [5, 5.41) is 6.03. The average Bonchev–Trinajstić information content (AvgIpc) is 3.07. The van der Waals surface area contributed by atoms with Gasteiger partial charge in [-0.25, -0.2) is 4.98 Å². The Morgan fingerprint density at radius 3 is 2.60 bits per heavy atom. The van der Waals surface area contributed by atoms with Crippen molar-refractivity contribution < 1.29 is 18.0 Å². The molecule has 9 heteroatoms. The van der Waals surface area contributed by atoms with E-state index in [4.69, 9.17) is 11.6 Å². The number of thiazole rings is 1. The van der Waals surface area contributed by atoms with Crippen molar-refractivity contribution in [2.75, 3.05) is 13.6 Å². The number of hydrogen-bond donors (Lipinski definition) is 1. The Kier molecular flexibility index (Phi) is 7.42. The summed E-state index contributed by atoms with van der Waals surface area (Å²) in [5.74, 6) is -0.0211. The van der Waals surface area contributed by atoms with Crippen LogP contribution < -0.4 is 5.32 Å². The largest absolute Gasteiger partial charge is 0.416 e. The minimum atomic E-state index is -4.51. The Balaban J connectivity index is 1.49. The molecule has 164 valence electrons. The minimum Gasteiger partial charge on any atom is -0.349 e. The van der Waals surface area contributed by atoms with E-state index < -0.39 is 17.6 Å². The highest BCUT2D eigenvalue weighted by Crippen LogP contribution is 2.32. The van der Waals surface area contributed by atoms with E-state index in [1.54, 1.807) is 11.3 Å². The molecular formula is C21H25ClF3N3OS. The van der Waals surface area contributed by atoms with Gasteiger partial charge in [-0.1, -0.05) is 11.6 Å². The maximum atomic E-state index is 12.9. The highest BCUT2D eigenvalue weighted by molar-refractivity contribution is 7.09. The number of rotatable bonds is 6. The summed E-state index contributed by atoms with van der Waals surface area (Å²) in [7, 11) is 2.08. The van der Waals surface area contributed by atoms with Gasteiger partial charge in [0.2, 0.25) is 0 Å². The van der Waals surface area contributed by atoms with Gasteiger partial charge in [0.15, 0.2) is 0 Å². The molecule has 1 heterocycles. The van der Waals surface area contributed by atoms with Crippen LogP contribution in [-0.2, 0) is 12.7 Å². The first-order valence-electron chi connectivity index (χ1n) is 9.89. The lowest BCUT2D eigenvalue weighted by molar-refractivity contribution is -0.137. The Labute approximate surface area is 183 Å². The first-order chi connectivity index (χ1) is 14.1. The molecule has 0 saturated heterocycles. The highest BCUT2D eigenvalue weighted by atomic mass is 35.5. The van der Waals surface area contributed by atoms with Crippen molar-refractivity contribution in [1.29, 1.82) is 0 Å². The molecule has 1 N–H and O–H groups in total. The number of hydrogen-bond acceptors (Lipinski definition) is 4. The monoisotopic (exact) mass is 459 g/mol. The first kappa shape index (κ1) is 23.0. The van der Waals surface area contributed by atoms with Crippen molar-refractivity contribution in [2.24, 2.45) is 5.92 Å². The lowest BCUT2D eigenvalue weighted by Crippen LogP contribution is -2.39. The second-order valence-electron chi connectivity index (χ2n) is 7.96. The molecule has 30 heavy (non-hydrogen) atoms. The third kappa shape index (κ3) is 6.18. The maximum Gasteiger partial charge on any atom is 0.416 e. The molecule has 0 bridgehead atoms. The zero-order valence-corrected chi connectivity index (χ0v) is 18.5. The summed E-state index contributed by atoms with van der Waals surface area (Å²) in [6.07, 6.45) is -0.986. The van der Waals surface area contributed by atoms with Crippen molar-refractivity contribution >= 4 is 28.8 Å². The van der Waals surface area contributed by atoms with E-state index in [-0.39, 0.29) is 16.6 Å². The van der Waals surface area contributed by atoms with Crippen molar-refractivity contribution in [3.63, 3.8) is 0 Å². The molecule has 1 aliphatic carbocycles. The average molecular weight is 460 g/mol. The van der Waals surface area contributed by atoms with Crippen LogP contribution in [0.3, 0.4) is 0 Å². The van der Waals surface area contributed by atoms with Gasteiger partial charge in [-0.3, -0.25) is 9.69 Å². The summed E-state index contributed by atoms with van der Waals surface area (Å²) in [5.41, 5.74) is 0.0341. The number of aromatic nitrogens is 1. The van der Waals surface area contributed by atoms with E-state index in [9.17, 15) is 18.0 Å². The van der Waals surface area contributed by atoms with Crippen molar-refractivity contribution in [1.82, 2.24) is 15.2 Å². The van der Waals surface area contributed by atoms with Crippen LogP contribution in [0.15, 0.2) is 23.6 Å². The molecule has 4 nitrogen and oxygen atoms in total. The summed E-state index contributed by atoms with van der Waals surface area (Å²) in [6, 6.07) is 2.77. The van der Waals surface area contributed by atoms with Crippen LogP contribution in [0.1, 0.15) is 52.3 Å². The Bertz CT molecular complexity index is 879. The molecule has 1 aromatic carbocycles. The minimum absolute atomic E-state index is 0.0215. The third-order valence-corrected chi connectivity index (χ3v) is 6.64. The zero-order valence-electron chi connectivity index (χ0n) is 16.9. The number of halogens is 4. The van der Waals surface area contributed by atoms with Crippen LogP contribution in [0.4, 0.5) is 13.2 Å². The number of alkyl halides is 3. The molecule has 1 amide bonds. The van der Waals surface area contributed by atoms with Gasteiger partial charge >= 0.3 is 6.18 Å². The molecule has 2 aromatic rings. The molecule has 0 radical (unpaired) electrons. The number of nitrogens with one attached hydrogen (secondary N) is 1. The van der Waals surface area contributed by atoms with Crippen LogP contribution >= 0.6 is 22.9 Å². The summed E-state index contributed by atoms with van der Waals surface area (Å²) >= 11 is 7.64. The molecule has 0 spiro atoms. The van der Waals surface area contributed by atoms with E-state index in [1.807, 2.05) is 12.3 Å². The van der Waals surface area contributed by atoms with E-state index in [2.05, 4.69) is 22.2 Å². The fraction of sp³-hybridized carbons (Fsp3) is 0.524. The molecule has 1 saturated carbocycles. The van der Waals surface area contributed by atoms with Gasteiger partial charge in [0.25, 0.3) is 5.91 Å². The summed E-state index contributed by atoms with van der Waals surface area (Å²) in [4.78, 5) is 19.3. The molecular weight excluding hydrogens is 435 g/mol. The van der Waals surface area contributed by atoms with Gasteiger partial charge in [-0.15, -0.1) is 11.3 Å². The Hall–Kier alpha value is -1.64. The maximum absolute atomic E-state index is 12.9. The van der Waals surface area contributed by atoms with Crippen LogP contribution in [0.2, 0.25) is 5.02 Å². The number of benzene rings is 1. The second kappa shape index (κ2) is 9.66. The number of aryl methyl sites for hydroxylation is 1. The normalized spacial score (nSPS) is 19.8. The topological polar surface area (TPSA) is 45.2 Å². The van der Waals surface area contributed by atoms with Gasteiger partial charge in [0.05, 0.1) is 22.7 Å². The van der Waals surface area contributed by atoms with E-state index in [1.165, 1.54) is 0 Å². The van der Waals surface area contributed by atoms with Crippen LogP contribution in [-0.4, -0.2) is 35.4 Å². The van der Waals surface area contributed by atoms with Gasteiger partial charge in [0.1, 0.15) is 5.01 Å². The first-order valence-corrected chi connectivity index (χ1v) is 11.1. The Morgan fingerprint density at radius 2 is 2.00 bits per heavy atom. The predicted octanol–water partition coefficient (Wildman–Crippen LogP) is 5.54. The number of nitrogens with zero attached hydrogens (tertiary/aromatic N) is 2. The van der Waals surface area contributed by atoms with Gasteiger partial charge in [-0.05, 0) is 63.8 Å². The van der Waals surface area contributed by atoms with Crippen molar-refractivity contribution in [2.45, 2.75) is 51.4 Å². The van der Waals surface area contributed by atoms with E-state index in [0.717, 1.165) is 67.7 Å². The standard InChI is InChI=1S/C21H25ClF3N3OS/c1-13-12-30-19(26-13)11-28(2)10-14-3-6-16(7-4-14)27-20(29)17-9-15(21(23,24)25)5-8-18(17)22/h5,8-9,12,14,16H,3-4,6-7,10-11H2,1-2H3,(H,27,29)/t14-,16-. The summed E-state index contributed by atoms with van der Waals surface area (Å²) in [6.45, 7) is 3.77. The molecule has 1 aromatic heterocycles. The molecule has 0 atom stereocenters. The smallest absolute Gasteiger partial charge is 0.349 e. The molecule has 3 rings (SSSR count). The van der Waals surface area contributed by atoms with Crippen LogP contribution in [0.25, 0.3) is 0 Å². The lowest BCUT2D eigenvalue weighted by Gasteiger charge is -2.31. The number of carbonyl (C=O) groups is 1. The predicted molar refractivity (Wildman–Crippen MR) is 113 cm³/mol. The fourth-order valence-electron chi connectivity index (χ4n) is 3.84. The molecule has 0 unspecified atom stereocenters. The van der Waals surface area contributed by atoms with Crippen molar-refractivity contribution in [3.8, 4) is 0 Å². The molecule has 1 aliphatic rings. The Morgan fingerprint density at radius 1 is 1.30 bits per heavy atom. The highest BCUT2D eigenvalue weighted by Gasteiger charge is 2.32. The quantitative estimate of drug-likeness (QED) is 0.616. The zero-order chi connectivity index (χ0) is 21.9. The van der Waals surface area contributed by atoms with Gasteiger partial charge in [-0.2, -0.15) is 13.2 Å². The van der Waals surface area contributed by atoms with Crippen LogP contribution in [0.5, 0.6) is 0 Å². The number of carbonyl (C=O) groups excluding carboxylic acids is 1. The number of amides is 1. The van der Waals surface area contributed by atoms with E-state index in [0.29, 0.717) is 5.92 Å². The SMILES string of the molecule is Cc1csc(CN(C)C[C@H]2CC[C@H](NC(=O)c3cc(C(F)(F)F)ccc3Cl)CC2)n1. The lowest BCUT2D eigenvalue weighted by atomic mass is 9.85. The molecule has 1 fully saturated rings. The van der Waals surface area contributed by atoms with Crippen LogP contribution in [0, 0.1) is 12.8 Å². The van der Waals surface area contributed by atoms with Gasteiger partial charge in [0, 0.05) is 23.7 Å².